The molecule has 1 saturated heterocycles. The molecule has 0 bridgehead atoms. The van der Waals surface area contributed by atoms with Gasteiger partial charge < -0.3 is 24.6 Å². The predicted molar refractivity (Wildman–Crippen MR) is 122 cm³/mol. The van der Waals surface area contributed by atoms with Gasteiger partial charge in [0.05, 0.1) is 30.9 Å². The summed E-state index contributed by atoms with van der Waals surface area (Å²) in [5.74, 6) is 1.01. The highest BCUT2D eigenvalue weighted by Gasteiger charge is 2.18. The summed E-state index contributed by atoms with van der Waals surface area (Å²) in [4.78, 5) is 27.5. The molecular weight excluding hydrogens is 412 g/mol. The average Bonchev–Trinajstić information content (AvgIpc) is 2.82. The lowest BCUT2D eigenvalue weighted by atomic mass is 10.1. The molecule has 0 aliphatic carbocycles. The number of hydrogen-bond donors (Lipinski definition) is 1. The molecule has 3 rings (SSSR count). The van der Waals surface area contributed by atoms with Crippen molar-refractivity contribution >= 4 is 17.3 Å². The Morgan fingerprint density at radius 1 is 1.00 bits per heavy atom. The SMILES string of the molecule is COc1ccc(CCN2CCN(CCC(=O)Nc3ccc([N+](=O)[O-])cc3OC)CC2)cc1. The van der Waals surface area contributed by atoms with Crippen molar-refractivity contribution in [1.82, 2.24) is 9.80 Å². The molecule has 1 amide bonds. The molecule has 2 aromatic rings. The van der Waals surface area contributed by atoms with Gasteiger partial charge in [0.2, 0.25) is 5.91 Å². The zero-order chi connectivity index (χ0) is 22.9. The molecule has 1 heterocycles. The Morgan fingerprint density at radius 2 is 1.66 bits per heavy atom. The third-order valence-corrected chi connectivity index (χ3v) is 5.67. The van der Waals surface area contributed by atoms with Gasteiger partial charge in [0.1, 0.15) is 11.5 Å². The van der Waals surface area contributed by atoms with Gasteiger partial charge in [-0.2, -0.15) is 0 Å². The number of nitro groups is 1. The number of carbonyl (C=O) groups is 1. The van der Waals surface area contributed by atoms with Crippen LogP contribution in [-0.4, -0.2) is 74.1 Å². The number of hydrogen-bond acceptors (Lipinski definition) is 7. The Labute approximate surface area is 188 Å². The van der Waals surface area contributed by atoms with Crippen LogP contribution in [0.5, 0.6) is 11.5 Å². The molecule has 1 aliphatic rings. The second-order valence-corrected chi connectivity index (χ2v) is 7.72. The number of piperazine rings is 1. The first-order valence-corrected chi connectivity index (χ1v) is 10.7. The monoisotopic (exact) mass is 442 g/mol. The minimum absolute atomic E-state index is 0.0790. The Hall–Kier alpha value is -3.17. The van der Waals surface area contributed by atoms with Crippen molar-refractivity contribution in [2.75, 3.05) is 58.8 Å². The highest BCUT2D eigenvalue weighted by atomic mass is 16.6. The molecule has 1 N–H and O–H groups in total. The highest BCUT2D eigenvalue weighted by Crippen LogP contribution is 2.29. The fourth-order valence-electron chi connectivity index (χ4n) is 3.69. The molecule has 2 aromatic carbocycles. The Morgan fingerprint density at radius 3 is 2.25 bits per heavy atom. The maximum absolute atomic E-state index is 12.4. The number of methoxy groups -OCH3 is 2. The van der Waals surface area contributed by atoms with Crippen molar-refractivity contribution in [3.05, 3.63) is 58.1 Å². The van der Waals surface area contributed by atoms with Crippen LogP contribution in [0.2, 0.25) is 0 Å². The third-order valence-electron chi connectivity index (χ3n) is 5.67. The molecule has 0 aromatic heterocycles. The summed E-state index contributed by atoms with van der Waals surface area (Å²) in [6.45, 7) is 5.50. The van der Waals surface area contributed by atoms with Gasteiger partial charge in [-0.25, -0.2) is 0 Å². The molecule has 32 heavy (non-hydrogen) atoms. The van der Waals surface area contributed by atoms with Crippen LogP contribution < -0.4 is 14.8 Å². The van der Waals surface area contributed by atoms with Crippen molar-refractivity contribution < 1.29 is 19.2 Å². The van der Waals surface area contributed by atoms with Gasteiger partial charge in [-0.1, -0.05) is 12.1 Å². The van der Waals surface area contributed by atoms with Gasteiger partial charge in [-0.3, -0.25) is 14.9 Å². The third kappa shape index (κ3) is 6.66. The summed E-state index contributed by atoms with van der Waals surface area (Å²) >= 11 is 0. The number of ether oxygens (including phenoxy) is 2. The minimum atomic E-state index is -0.495. The molecule has 1 aliphatic heterocycles. The minimum Gasteiger partial charge on any atom is -0.497 e. The first kappa shape index (κ1) is 23.5. The molecule has 0 radical (unpaired) electrons. The first-order valence-electron chi connectivity index (χ1n) is 10.7. The second kappa shape index (κ2) is 11.4. The zero-order valence-corrected chi connectivity index (χ0v) is 18.6. The zero-order valence-electron chi connectivity index (χ0n) is 18.6. The van der Waals surface area contributed by atoms with Gasteiger partial charge in [0.25, 0.3) is 5.69 Å². The van der Waals surface area contributed by atoms with E-state index in [0.29, 0.717) is 18.7 Å². The van der Waals surface area contributed by atoms with E-state index >= 15 is 0 Å². The normalized spacial score (nSPS) is 14.7. The lowest BCUT2D eigenvalue weighted by Crippen LogP contribution is -2.47. The quantitative estimate of drug-likeness (QED) is 0.446. The first-order chi connectivity index (χ1) is 15.5. The van der Waals surface area contributed by atoms with Crippen molar-refractivity contribution in [2.45, 2.75) is 12.8 Å². The van der Waals surface area contributed by atoms with Crippen molar-refractivity contribution in [2.24, 2.45) is 0 Å². The van der Waals surface area contributed by atoms with Crippen LogP contribution in [0.25, 0.3) is 0 Å². The van der Waals surface area contributed by atoms with E-state index in [-0.39, 0.29) is 17.3 Å². The summed E-state index contributed by atoms with van der Waals surface area (Å²) in [6, 6.07) is 12.3. The van der Waals surface area contributed by atoms with Crippen molar-refractivity contribution in [3.63, 3.8) is 0 Å². The van der Waals surface area contributed by atoms with Crippen LogP contribution in [-0.2, 0) is 11.2 Å². The fourth-order valence-corrected chi connectivity index (χ4v) is 3.69. The van der Waals surface area contributed by atoms with Crippen LogP contribution in [0.15, 0.2) is 42.5 Å². The molecule has 0 atom stereocenters. The average molecular weight is 443 g/mol. The number of benzene rings is 2. The Balaban J connectivity index is 1.38. The van der Waals surface area contributed by atoms with E-state index in [1.54, 1.807) is 7.11 Å². The molecule has 0 unspecified atom stereocenters. The lowest BCUT2D eigenvalue weighted by molar-refractivity contribution is -0.384. The van der Waals surface area contributed by atoms with Crippen LogP contribution in [0.1, 0.15) is 12.0 Å². The van der Waals surface area contributed by atoms with Crippen LogP contribution in [0.3, 0.4) is 0 Å². The number of amides is 1. The smallest absolute Gasteiger partial charge is 0.273 e. The number of nitrogens with one attached hydrogen (secondary N) is 1. The van der Waals surface area contributed by atoms with Gasteiger partial charge in [-0.15, -0.1) is 0 Å². The van der Waals surface area contributed by atoms with E-state index < -0.39 is 4.92 Å². The summed E-state index contributed by atoms with van der Waals surface area (Å²) < 4.78 is 10.4. The molecule has 0 saturated carbocycles. The summed E-state index contributed by atoms with van der Waals surface area (Å²) in [5.41, 5.74) is 1.66. The van der Waals surface area contributed by atoms with Crippen molar-refractivity contribution in [3.8, 4) is 11.5 Å². The maximum Gasteiger partial charge on any atom is 0.273 e. The summed E-state index contributed by atoms with van der Waals surface area (Å²) in [6.07, 6.45) is 1.36. The molecule has 9 heteroatoms. The molecule has 172 valence electrons. The van der Waals surface area contributed by atoms with Gasteiger partial charge in [0.15, 0.2) is 0 Å². The molecule has 0 spiro atoms. The molecule has 9 nitrogen and oxygen atoms in total. The van der Waals surface area contributed by atoms with E-state index in [9.17, 15) is 14.9 Å². The number of rotatable bonds is 10. The van der Waals surface area contributed by atoms with Crippen LogP contribution in [0, 0.1) is 10.1 Å². The second-order valence-electron chi connectivity index (χ2n) is 7.72. The number of non-ortho nitro benzene ring substituents is 1. The van der Waals surface area contributed by atoms with Crippen molar-refractivity contribution in [1.29, 1.82) is 0 Å². The highest BCUT2D eigenvalue weighted by molar-refractivity contribution is 5.92. The van der Waals surface area contributed by atoms with Gasteiger partial charge >= 0.3 is 0 Å². The van der Waals surface area contributed by atoms with E-state index in [4.69, 9.17) is 9.47 Å². The largest absolute Gasteiger partial charge is 0.497 e. The number of anilines is 1. The van der Waals surface area contributed by atoms with E-state index in [1.165, 1.54) is 30.9 Å². The number of nitrogens with zero attached hydrogens (tertiary/aromatic N) is 3. The van der Waals surface area contributed by atoms with Crippen LogP contribution in [0.4, 0.5) is 11.4 Å². The summed E-state index contributed by atoms with van der Waals surface area (Å²) in [5, 5.41) is 13.7. The fraction of sp³-hybridized carbons (Fsp3) is 0.435. The van der Waals surface area contributed by atoms with E-state index in [2.05, 4.69) is 27.2 Å². The standard InChI is InChI=1S/C23H30N4O5/c1-31-20-6-3-18(4-7-20)9-11-25-13-15-26(16-14-25)12-10-23(28)24-21-8-5-19(27(29)30)17-22(21)32-2/h3-8,17H,9-16H2,1-2H3,(H,24,28). The van der Waals surface area contributed by atoms with Gasteiger partial charge in [-0.05, 0) is 30.2 Å². The van der Waals surface area contributed by atoms with E-state index in [1.807, 2.05) is 12.1 Å². The predicted octanol–water partition coefficient (Wildman–Crippen LogP) is 2.80. The number of carbonyl (C=O) groups excluding carboxylic acids is 1. The van der Waals surface area contributed by atoms with Crippen LogP contribution >= 0.6 is 0 Å². The number of nitro benzene ring substituents is 1. The molecular formula is C23H30N4O5. The Bertz CT molecular complexity index is 911. The Kier molecular flexibility index (Phi) is 8.41. The maximum atomic E-state index is 12.4. The van der Waals surface area contributed by atoms with Gasteiger partial charge in [0, 0.05) is 51.8 Å². The topological polar surface area (TPSA) is 97.2 Å². The van der Waals surface area contributed by atoms with E-state index in [0.717, 1.165) is 44.9 Å². The summed E-state index contributed by atoms with van der Waals surface area (Å²) in [7, 11) is 3.09. The molecule has 1 fully saturated rings. The lowest BCUT2D eigenvalue weighted by Gasteiger charge is -2.34.